The number of amides is 1. The Morgan fingerprint density at radius 2 is 1.83 bits per heavy atom. The summed E-state index contributed by atoms with van der Waals surface area (Å²) in [6.07, 6.45) is 1.51. The SMILES string of the molecule is CC(C)(C)c1ccc(OCC(=O)Nc2ccc(N)nc2)cc1.Cl. The van der Waals surface area contributed by atoms with E-state index in [1.807, 2.05) is 24.3 Å². The van der Waals surface area contributed by atoms with E-state index in [9.17, 15) is 4.79 Å². The van der Waals surface area contributed by atoms with Gasteiger partial charge >= 0.3 is 0 Å². The second kappa shape index (κ2) is 7.83. The number of anilines is 2. The summed E-state index contributed by atoms with van der Waals surface area (Å²) in [5.74, 6) is 0.832. The summed E-state index contributed by atoms with van der Waals surface area (Å²) in [7, 11) is 0. The van der Waals surface area contributed by atoms with Crippen LogP contribution in [-0.2, 0) is 10.2 Å². The van der Waals surface area contributed by atoms with Gasteiger partial charge in [0.05, 0.1) is 11.9 Å². The highest BCUT2D eigenvalue weighted by atomic mass is 35.5. The summed E-state index contributed by atoms with van der Waals surface area (Å²) in [5, 5.41) is 2.69. The molecular weight excluding hydrogens is 314 g/mol. The van der Waals surface area contributed by atoms with Crippen molar-refractivity contribution in [3.05, 3.63) is 48.2 Å². The Morgan fingerprint density at radius 3 is 2.35 bits per heavy atom. The van der Waals surface area contributed by atoms with Gasteiger partial charge in [0.15, 0.2) is 6.61 Å². The summed E-state index contributed by atoms with van der Waals surface area (Å²) in [6, 6.07) is 11.1. The van der Waals surface area contributed by atoms with Crippen molar-refractivity contribution < 1.29 is 9.53 Å². The normalized spacial score (nSPS) is 10.6. The van der Waals surface area contributed by atoms with Crippen LogP contribution >= 0.6 is 12.4 Å². The Bertz CT molecular complexity index is 634. The number of nitrogens with two attached hydrogens (primary N) is 1. The van der Waals surface area contributed by atoms with E-state index in [1.54, 1.807) is 12.1 Å². The molecule has 0 radical (unpaired) electrons. The maximum atomic E-state index is 11.8. The van der Waals surface area contributed by atoms with E-state index in [1.165, 1.54) is 11.8 Å². The van der Waals surface area contributed by atoms with Crippen LogP contribution in [0.25, 0.3) is 0 Å². The van der Waals surface area contributed by atoms with Gasteiger partial charge in [0.1, 0.15) is 11.6 Å². The van der Waals surface area contributed by atoms with Crippen molar-refractivity contribution in [2.24, 2.45) is 0 Å². The standard InChI is InChI=1S/C17H21N3O2.ClH/c1-17(2,3)12-4-7-14(8-5-12)22-11-16(21)20-13-6-9-15(18)19-10-13;/h4-10H,11H2,1-3H3,(H2,18,19)(H,20,21);1H. The van der Waals surface area contributed by atoms with Crippen molar-refractivity contribution in [1.82, 2.24) is 4.98 Å². The molecule has 1 heterocycles. The number of nitrogens with one attached hydrogen (secondary N) is 1. The minimum Gasteiger partial charge on any atom is -0.484 e. The highest BCUT2D eigenvalue weighted by molar-refractivity contribution is 5.91. The topological polar surface area (TPSA) is 77.2 Å². The molecule has 0 aliphatic carbocycles. The number of halogens is 1. The highest BCUT2D eigenvalue weighted by Crippen LogP contribution is 2.24. The Hall–Kier alpha value is -2.27. The number of aromatic nitrogens is 1. The quantitative estimate of drug-likeness (QED) is 0.897. The summed E-state index contributed by atoms with van der Waals surface area (Å²) < 4.78 is 5.47. The number of nitrogen functional groups attached to an aromatic ring is 1. The maximum Gasteiger partial charge on any atom is 0.262 e. The molecule has 0 aliphatic rings. The Morgan fingerprint density at radius 1 is 1.17 bits per heavy atom. The number of carbonyl (C=O) groups excluding carboxylic acids is 1. The van der Waals surface area contributed by atoms with Crippen LogP contribution in [0.3, 0.4) is 0 Å². The van der Waals surface area contributed by atoms with Gasteiger partial charge in [-0.3, -0.25) is 4.79 Å². The van der Waals surface area contributed by atoms with E-state index in [4.69, 9.17) is 10.5 Å². The van der Waals surface area contributed by atoms with Crippen LogP contribution < -0.4 is 15.8 Å². The molecule has 23 heavy (non-hydrogen) atoms. The van der Waals surface area contributed by atoms with Crippen LogP contribution in [0.5, 0.6) is 5.75 Å². The van der Waals surface area contributed by atoms with Gasteiger partial charge in [-0.2, -0.15) is 0 Å². The lowest BCUT2D eigenvalue weighted by Gasteiger charge is -2.19. The number of hydrogen-bond donors (Lipinski definition) is 2. The molecule has 0 atom stereocenters. The van der Waals surface area contributed by atoms with Gasteiger partial charge in [0.25, 0.3) is 5.91 Å². The van der Waals surface area contributed by atoms with Gasteiger partial charge in [0.2, 0.25) is 0 Å². The lowest BCUT2D eigenvalue weighted by molar-refractivity contribution is -0.118. The molecule has 1 aromatic heterocycles. The van der Waals surface area contributed by atoms with Crippen LogP contribution in [0.4, 0.5) is 11.5 Å². The van der Waals surface area contributed by atoms with Crippen LogP contribution in [0.2, 0.25) is 0 Å². The predicted molar refractivity (Wildman–Crippen MR) is 95.2 cm³/mol. The molecule has 0 fully saturated rings. The van der Waals surface area contributed by atoms with E-state index in [0.717, 1.165) is 0 Å². The van der Waals surface area contributed by atoms with Crippen molar-refractivity contribution in [2.45, 2.75) is 26.2 Å². The first kappa shape index (κ1) is 18.8. The number of carbonyl (C=O) groups is 1. The molecular formula is C17H22ClN3O2. The number of ether oxygens (including phenoxy) is 1. The molecule has 3 N–H and O–H groups in total. The molecule has 0 saturated heterocycles. The molecule has 1 amide bonds. The predicted octanol–water partition coefficient (Wildman–Crippen LogP) is 3.40. The van der Waals surface area contributed by atoms with Gasteiger partial charge in [-0.05, 0) is 35.2 Å². The van der Waals surface area contributed by atoms with E-state index in [0.29, 0.717) is 17.3 Å². The molecule has 1 aromatic carbocycles. The average Bonchev–Trinajstić information content (AvgIpc) is 2.47. The van der Waals surface area contributed by atoms with Crippen LogP contribution in [0, 0.1) is 0 Å². The van der Waals surface area contributed by atoms with Crippen molar-refractivity contribution in [1.29, 1.82) is 0 Å². The zero-order valence-electron chi connectivity index (χ0n) is 13.5. The van der Waals surface area contributed by atoms with Gasteiger partial charge in [-0.1, -0.05) is 32.9 Å². The highest BCUT2D eigenvalue weighted by Gasteiger charge is 2.13. The number of nitrogens with zero attached hydrogens (tertiary/aromatic N) is 1. The van der Waals surface area contributed by atoms with Crippen LogP contribution in [-0.4, -0.2) is 17.5 Å². The van der Waals surface area contributed by atoms with E-state index in [2.05, 4.69) is 31.1 Å². The number of pyridine rings is 1. The summed E-state index contributed by atoms with van der Waals surface area (Å²) in [6.45, 7) is 6.39. The molecule has 0 spiro atoms. The van der Waals surface area contributed by atoms with Crippen LogP contribution in [0.15, 0.2) is 42.6 Å². The minimum absolute atomic E-state index is 0. The molecule has 0 unspecified atom stereocenters. The molecule has 124 valence electrons. The summed E-state index contributed by atoms with van der Waals surface area (Å²) >= 11 is 0. The van der Waals surface area contributed by atoms with Crippen LogP contribution in [0.1, 0.15) is 26.3 Å². The molecule has 0 saturated carbocycles. The first-order valence-corrected chi connectivity index (χ1v) is 7.09. The third kappa shape index (κ3) is 5.79. The zero-order chi connectivity index (χ0) is 16.2. The van der Waals surface area contributed by atoms with Gasteiger partial charge < -0.3 is 15.8 Å². The first-order chi connectivity index (χ1) is 10.3. The van der Waals surface area contributed by atoms with Crippen molar-refractivity contribution in [2.75, 3.05) is 17.7 Å². The fourth-order valence-corrected chi connectivity index (χ4v) is 1.88. The van der Waals surface area contributed by atoms with Crippen molar-refractivity contribution >= 4 is 29.8 Å². The molecule has 2 aromatic rings. The molecule has 5 nitrogen and oxygen atoms in total. The van der Waals surface area contributed by atoms with Gasteiger partial charge in [-0.25, -0.2) is 4.98 Å². The number of benzene rings is 1. The van der Waals surface area contributed by atoms with Crippen molar-refractivity contribution in [3.8, 4) is 5.75 Å². The van der Waals surface area contributed by atoms with E-state index in [-0.39, 0.29) is 30.3 Å². The summed E-state index contributed by atoms with van der Waals surface area (Å²) in [5.41, 5.74) is 7.39. The van der Waals surface area contributed by atoms with E-state index >= 15 is 0 Å². The Kier molecular flexibility index (Phi) is 6.39. The summed E-state index contributed by atoms with van der Waals surface area (Å²) in [4.78, 5) is 15.7. The van der Waals surface area contributed by atoms with Gasteiger partial charge in [0, 0.05) is 0 Å². The lowest BCUT2D eigenvalue weighted by Crippen LogP contribution is -2.20. The number of rotatable bonds is 4. The third-order valence-corrected chi connectivity index (χ3v) is 3.16. The lowest BCUT2D eigenvalue weighted by atomic mass is 9.87. The minimum atomic E-state index is -0.244. The average molecular weight is 336 g/mol. The first-order valence-electron chi connectivity index (χ1n) is 7.09. The third-order valence-electron chi connectivity index (χ3n) is 3.16. The van der Waals surface area contributed by atoms with E-state index < -0.39 is 0 Å². The molecule has 6 heteroatoms. The van der Waals surface area contributed by atoms with Crippen molar-refractivity contribution in [3.63, 3.8) is 0 Å². The zero-order valence-corrected chi connectivity index (χ0v) is 14.3. The Balaban J connectivity index is 0.00000264. The second-order valence-electron chi connectivity index (χ2n) is 6.08. The maximum absolute atomic E-state index is 11.8. The Labute approximate surface area is 142 Å². The molecule has 2 rings (SSSR count). The van der Waals surface area contributed by atoms with Gasteiger partial charge in [-0.15, -0.1) is 12.4 Å². The molecule has 0 aliphatic heterocycles. The molecule has 0 bridgehead atoms. The smallest absolute Gasteiger partial charge is 0.262 e. The number of hydrogen-bond acceptors (Lipinski definition) is 4. The fourth-order valence-electron chi connectivity index (χ4n) is 1.88. The fraction of sp³-hybridized carbons (Fsp3) is 0.294. The monoisotopic (exact) mass is 335 g/mol. The largest absolute Gasteiger partial charge is 0.484 e. The second-order valence-corrected chi connectivity index (χ2v) is 6.08.